The van der Waals surface area contributed by atoms with E-state index in [2.05, 4.69) is 6.07 Å². The summed E-state index contributed by atoms with van der Waals surface area (Å²) in [6.07, 6.45) is 0. The molecule has 2 rings (SSSR count). The fraction of sp³-hybridized carbons (Fsp3) is 0. The highest BCUT2D eigenvalue weighted by molar-refractivity contribution is 6.33. The maximum atomic E-state index is 9.47. The van der Waals surface area contributed by atoms with E-state index in [1.165, 1.54) is 0 Å². The van der Waals surface area contributed by atoms with Gasteiger partial charge in [0.05, 0.1) is 10.0 Å². The molecular formula is C12H7Cl2O. The standard InChI is InChI=1S/C12H7Cl2O/c13-10-4-2-1-3-9(10)8-5-6-11(14)12(15)7-8/h1-3,5-7,15H. The van der Waals surface area contributed by atoms with Crippen molar-refractivity contribution in [2.24, 2.45) is 0 Å². The molecular weight excluding hydrogens is 231 g/mol. The summed E-state index contributed by atoms with van der Waals surface area (Å²) in [7, 11) is 0. The number of rotatable bonds is 1. The third kappa shape index (κ3) is 2.09. The molecule has 0 aliphatic rings. The van der Waals surface area contributed by atoms with Gasteiger partial charge in [0.1, 0.15) is 5.75 Å². The van der Waals surface area contributed by atoms with Crippen LogP contribution in [0.5, 0.6) is 5.75 Å². The summed E-state index contributed by atoms with van der Waals surface area (Å²) in [4.78, 5) is 0. The molecule has 0 amide bonds. The second kappa shape index (κ2) is 4.13. The molecule has 0 aliphatic carbocycles. The maximum absolute atomic E-state index is 9.47. The molecule has 0 aromatic heterocycles. The van der Waals surface area contributed by atoms with Gasteiger partial charge in [-0.1, -0.05) is 47.5 Å². The van der Waals surface area contributed by atoms with Crippen LogP contribution in [0.25, 0.3) is 11.1 Å². The lowest BCUT2D eigenvalue weighted by atomic mass is 10.1. The first-order valence-corrected chi connectivity index (χ1v) is 5.09. The Balaban J connectivity index is 2.55. The Morgan fingerprint density at radius 1 is 1.13 bits per heavy atom. The van der Waals surface area contributed by atoms with Crippen molar-refractivity contribution >= 4 is 23.2 Å². The van der Waals surface area contributed by atoms with Gasteiger partial charge < -0.3 is 5.11 Å². The number of benzene rings is 2. The minimum Gasteiger partial charge on any atom is -0.506 e. The number of aromatic hydroxyl groups is 1. The van der Waals surface area contributed by atoms with Crippen LogP contribution in [0.1, 0.15) is 0 Å². The van der Waals surface area contributed by atoms with E-state index in [1.807, 2.05) is 12.1 Å². The van der Waals surface area contributed by atoms with E-state index in [0.717, 1.165) is 11.1 Å². The highest BCUT2D eigenvalue weighted by atomic mass is 35.5. The Labute approximate surface area is 97.9 Å². The topological polar surface area (TPSA) is 20.2 Å². The van der Waals surface area contributed by atoms with Crippen LogP contribution in [0.15, 0.2) is 36.4 Å². The molecule has 0 saturated heterocycles. The average Bonchev–Trinajstić information content (AvgIpc) is 2.23. The van der Waals surface area contributed by atoms with Crippen LogP contribution in [-0.4, -0.2) is 5.11 Å². The smallest absolute Gasteiger partial charge is 0.134 e. The number of halogens is 2. The minimum atomic E-state index is 0.0501. The highest BCUT2D eigenvalue weighted by Gasteiger charge is 2.05. The monoisotopic (exact) mass is 237 g/mol. The van der Waals surface area contributed by atoms with Crippen molar-refractivity contribution < 1.29 is 5.11 Å². The first-order chi connectivity index (χ1) is 7.18. The van der Waals surface area contributed by atoms with Crippen LogP contribution in [0.2, 0.25) is 10.0 Å². The molecule has 2 aromatic carbocycles. The molecule has 1 nitrogen and oxygen atoms in total. The predicted octanol–water partition coefficient (Wildman–Crippen LogP) is 4.17. The second-order valence-electron chi connectivity index (χ2n) is 3.06. The number of hydrogen-bond acceptors (Lipinski definition) is 1. The van der Waals surface area contributed by atoms with Gasteiger partial charge in [-0.2, -0.15) is 0 Å². The lowest BCUT2D eigenvalue weighted by molar-refractivity contribution is 0.476. The molecule has 2 aromatic rings. The molecule has 3 heteroatoms. The van der Waals surface area contributed by atoms with E-state index in [4.69, 9.17) is 23.2 Å². The van der Waals surface area contributed by atoms with Gasteiger partial charge in [-0.25, -0.2) is 0 Å². The van der Waals surface area contributed by atoms with Gasteiger partial charge >= 0.3 is 0 Å². The molecule has 0 aliphatic heterocycles. The summed E-state index contributed by atoms with van der Waals surface area (Å²) >= 11 is 11.7. The quantitative estimate of drug-likeness (QED) is 0.790. The molecule has 75 valence electrons. The van der Waals surface area contributed by atoms with Crippen molar-refractivity contribution in [1.29, 1.82) is 0 Å². The van der Waals surface area contributed by atoms with Crippen molar-refractivity contribution in [3.05, 3.63) is 52.5 Å². The zero-order valence-electron chi connectivity index (χ0n) is 7.67. The first-order valence-electron chi connectivity index (χ1n) is 4.33. The Kier molecular flexibility index (Phi) is 2.85. The van der Waals surface area contributed by atoms with E-state index in [9.17, 15) is 5.11 Å². The SMILES string of the molecule is Oc1cc(-c2ccc[c]c2Cl)ccc1Cl. The van der Waals surface area contributed by atoms with Crippen molar-refractivity contribution in [1.82, 2.24) is 0 Å². The van der Waals surface area contributed by atoms with Crippen LogP contribution in [0, 0.1) is 6.07 Å². The minimum absolute atomic E-state index is 0.0501. The fourth-order valence-corrected chi connectivity index (χ4v) is 1.67. The maximum Gasteiger partial charge on any atom is 0.134 e. The number of phenols is 1. The third-order valence-corrected chi connectivity index (χ3v) is 2.70. The van der Waals surface area contributed by atoms with Gasteiger partial charge in [-0.05, 0) is 17.7 Å². The lowest BCUT2D eigenvalue weighted by Gasteiger charge is -2.05. The normalized spacial score (nSPS) is 10.3. The van der Waals surface area contributed by atoms with Gasteiger partial charge in [0, 0.05) is 11.6 Å². The predicted molar refractivity (Wildman–Crippen MR) is 62.4 cm³/mol. The lowest BCUT2D eigenvalue weighted by Crippen LogP contribution is -1.79. The molecule has 1 radical (unpaired) electrons. The molecule has 1 N–H and O–H groups in total. The highest BCUT2D eigenvalue weighted by Crippen LogP contribution is 2.32. The summed E-state index contributed by atoms with van der Waals surface area (Å²) < 4.78 is 0. The fourth-order valence-electron chi connectivity index (χ4n) is 1.32. The molecule has 0 fully saturated rings. The van der Waals surface area contributed by atoms with Crippen molar-refractivity contribution in [2.75, 3.05) is 0 Å². The zero-order valence-corrected chi connectivity index (χ0v) is 9.18. The molecule has 0 bridgehead atoms. The first kappa shape index (κ1) is 10.3. The number of phenolic OH excluding ortho intramolecular Hbond substituents is 1. The van der Waals surface area contributed by atoms with E-state index < -0.39 is 0 Å². The zero-order chi connectivity index (χ0) is 10.8. The van der Waals surface area contributed by atoms with Crippen LogP contribution < -0.4 is 0 Å². The van der Waals surface area contributed by atoms with E-state index in [-0.39, 0.29) is 5.75 Å². The van der Waals surface area contributed by atoms with Crippen LogP contribution in [0.4, 0.5) is 0 Å². The summed E-state index contributed by atoms with van der Waals surface area (Å²) in [5, 5.41) is 10.3. The molecule has 0 unspecified atom stereocenters. The van der Waals surface area contributed by atoms with Gasteiger partial charge in [0.15, 0.2) is 0 Å². The largest absolute Gasteiger partial charge is 0.506 e. The summed E-state index contributed by atoms with van der Waals surface area (Å²) in [5.41, 5.74) is 1.64. The van der Waals surface area contributed by atoms with Crippen LogP contribution in [0.3, 0.4) is 0 Å². The Bertz CT molecular complexity index is 495. The third-order valence-electron chi connectivity index (χ3n) is 2.06. The summed E-state index contributed by atoms with van der Waals surface area (Å²) in [6, 6.07) is 13.3. The van der Waals surface area contributed by atoms with Crippen molar-refractivity contribution in [3.63, 3.8) is 0 Å². The van der Waals surface area contributed by atoms with Gasteiger partial charge in [0.2, 0.25) is 0 Å². The molecule has 15 heavy (non-hydrogen) atoms. The van der Waals surface area contributed by atoms with E-state index >= 15 is 0 Å². The van der Waals surface area contributed by atoms with Gasteiger partial charge in [0.25, 0.3) is 0 Å². The van der Waals surface area contributed by atoms with Crippen molar-refractivity contribution in [3.8, 4) is 16.9 Å². The Hall–Kier alpha value is -1.18. The number of hydrogen-bond donors (Lipinski definition) is 1. The van der Waals surface area contributed by atoms with E-state index in [0.29, 0.717) is 10.0 Å². The molecule has 0 atom stereocenters. The van der Waals surface area contributed by atoms with E-state index in [1.54, 1.807) is 24.3 Å². The summed E-state index contributed by atoms with van der Waals surface area (Å²) in [6.45, 7) is 0. The average molecular weight is 238 g/mol. The summed E-state index contributed by atoms with van der Waals surface area (Å²) in [5.74, 6) is 0.0501. The Morgan fingerprint density at radius 2 is 1.93 bits per heavy atom. The van der Waals surface area contributed by atoms with Gasteiger partial charge in [-0.15, -0.1) is 0 Å². The second-order valence-corrected chi connectivity index (χ2v) is 3.85. The Morgan fingerprint density at radius 3 is 2.60 bits per heavy atom. The van der Waals surface area contributed by atoms with Gasteiger partial charge in [-0.3, -0.25) is 0 Å². The molecule has 0 heterocycles. The molecule has 0 saturated carbocycles. The van der Waals surface area contributed by atoms with Crippen LogP contribution in [-0.2, 0) is 0 Å². The molecule has 0 spiro atoms. The van der Waals surface area contributed by atoms with Crippen molar-refractivity contribution in [2.45, 2.75) is 0 Å². The van der Waals surface area contributed by atoms with Crippen LogP contribution >= 0.6 is 23.2 Å².